The summed E-state index contributed by atoms with van der Waals surface area (Å²) >= 11 is 6.45. The molecule has 190 valence electrons. The van der Waals surface area contributed by atoms with Crippen LogP contribution in [0.25, 0.3) is 22.3 Å². The van der Waals surface area contributed by atoms with Crippen molar-refractivity contribution < 1.29 is 4.74 Å². The van der Waals surface area contributed by atoms with Crippen LogP contribution in [-0.4, -0.2) is 45.9 Å². The van der Waals surface area contributed by atoms with Crippen molar-refractivity contribution >= 4 is 47.8 Å². The van der Waals surface area contributed by atoms with E-state index in [1.54, 1.807) is 22.5 Å². The van der Waals surface area contributed by atoms with Crippen LogP contribution >= 0.6 is 11.6 Å². The van der Waals surface area contributed by atoms with Gasteiger partial charge in [0.25, 0.3) is 5.56 Å². The molecular formula is C25H32ClN7O2Si. The lowest BCUT2D eigenvalue weighted by Crippen LogP contribution is -2.24. The lowest BCUT2D eigenvalue weighted by atomic mass is 9.99. The molecule has 0 aliphatic carbocycles. The van der Waals surface area contributed by atoms with Crippen LogP contribution in [0.5, 0.6) is 0 Å². The molecule has 0 fully saturated rings. The van der Waals surface area contributed by atoms with E-state index in [1.165, 1.54) is 5.56 Å². The van der Waals surface area contributed by atoms with Crippen molar-refractivity contribution in [1.82, 2.24) is 24.1 Å². The zero-order valence-corrected chi connectivity index (χ0v) is 23.3. The Morgan fingerprint density at radius 3 is 2.69 bits per heavy atom. The van der Waals surface area contributed by atoms with Crippen LogP contribution in [0.15, 0.2) is 35.3 Å². The fourth-order valence-corrected chi connectivity index (χ4v) is 5.64. The van der Waals surface area contributed by atoms with E-state index >= 15 is 0 Å². The molecule has 4 heterocycles. The normalized spacial score (nSPS) is 13.2. The molecule has 0 saturated heterocycles. The van der Waals surface area contributed by atoms with Gasteiger partial charge in [-0.05, 0) is 18.2 Å². The number of pyridine rings is 1. The number of nitrogens with zero attached hydrogens (tertiary/aromatic N) is 6. The van der Waals surface area contributed by atoms with Crippen molar-refractivity contribution in [2.45, 2.75) is 39.0 Å². The molecule has 3 aromatic heterocycles. The maximum Gasteiger partial charge on any atom is 0.278 e. The number of ether oxygens (including phenoxy) is 1. The van der Waals surface area contributed by atoms with Gasteiger partial charge in [0, 0.05) is 59.7 Å². The van der Waals surface area contributed by atoms with E-state index in [0.717, 1.165) is 35.2 Å². The van der Waals surface area contributed by atoms with Crippen LogP contribution < -0.4 is 15.8 Å². The molecule has 36 heavy (non-hydrogen) atoms. The predicted octanol–water partition coefficient (Wildman–Crippen LogP) is 4.79. The highest BCUT2D eigenvalue weighted by molar-refractivity contribution is 6.76. The summed E-state index contributed by atoms with van der Waals surface area (Å²) in [5, 5.41) is 8.95. The fourth-order valence-electron chi connectivity index (χ4n) is 4.69. The minimum absolute atomic E-state index is 0.157. The van der Waals surface area contributed by atoms with E-state index in [4.69, 9.17) is 16.3 Å². The molecule has 1 aliphatic rings. The number of benzene rings is 1. The SMILES string of the molecule is CN1Cc2cn(C)nc2-c2cccc(Nc3cc(Cl)nc4c3c(=O)n(C)n4COCC[Si](C)(C)C)c21. The minimum Gasteiger partial charge on any atom is -0.368 e. The molecule has 0 amide bonds. The number of fused-ring (bicyclic) bond motifs is 4. The van der Waals surface area contributed by atoms with Crippen LogP contribution in [0.3, 0.4) is 0 Å². The average molecular weight is 526 g/mol. The Morgan fingerprint density at radius 2 is 1.94 bits per heavy atom. The van der Waals surface area contributed by atoms with Crippen molar-refractivity contribution in [1.29, 1.82) is 0 Å². The van der Waals surface area contributed by atoms with Crippen LogP contribution in [0, 0.1) is 0 Å². The highest BCUT2D eigenvalue weighted by Gasteiger charge is 2.26. The largest absolute Gasteiger partial charge is 0.368 e. The molecule has 11 heteroatoms. The van der Waals surface area contributed by atoms with Gasteiger partial charge in [0.15, 0.2) is 5.65 Å². The van der Waals surface area contributed by atoms with E-state index in [1.807, 2.05) is 23.9 Å². The molecule has 0 saturated carbocycles. The number of hydrogen-bond donors (Lipinski definition) is 1. The first-order chi connectivity index (χ1) is 17.0. The van der Waals surface area contributed by atoms with Gasteiger partial charge in [0.05, 0.1) is 22.8 Å². The zero-order valence-electron chi connectivity index (χ0n) is 21.6. The molecule has 0 atom stereocenters. The zero-order chi connectivity index (χ0) is 25.8. The Balaban J connectivity index is 1.54. The Labute approximate surface area is 216 Å². The average Bonchev–Trinajstić information content (AvgIpc) is 3.27. The number of para-hydroxylation sites is 1. The molecule has 0 bridgehead atoms. The third-order valence-corrected chi connectivity index (χ3v) is 8.45. The van der Waals surface area contributed by atoms with Crippen molar-refractivity contribution in [3.05, 3.63) is 51.5 Å². The summed E-state index contributed by atoms with van der Waals surface area (Å²) in [5.41, 5.74) is 6.05. The van der Waals surface area contributed by atoms with Gasteiger partial charge in [-0.3, -0.25) is 9.48 Å². The number of rotatable bonds is 7. The summed E-state index contributed by atoms with van der Waals surface area (Å²) in [7, 11) is 4.50. The Hall–Kier alpha value is -3.08. The molecular weight excluding hydrogens is 494 g/mol. The summed E-state index contributed by atoms with van der Waals surface area (Å²) < 4.78 is 11.1. The molecule has 4 aromatic rings. The van der Waals surface area contributed by atoms with Crippen LogP contribution in [0.2, 0.25) is 30.8 Å². The lowest BCUT2D eigenvalue weighted by Gasteiger charge is -2.29. The smallest absolute Gasteiger partial charge is 0.278 e. The van der Waals surface area contributed by atoms with Gasteiger partial charge in [-0.1, -0.05) is 43.4 Å². The molecule has 9 nitrogen and oxygen atoms in total. The second-order valence-electron chi connectivity index (χ2n) is 10.6. The minimum atomic E-state index is -1.22. The second kappa shape index (κ2) is 9.09. The molecule has 0 unspecified atom stereocenters. The molecule has 1 N–H and O–H groups in total. The number of hydrogen-bond acceptors (Lipinski definition) is 6. The topological polar surface area (TPSA) is 82.1 Å². The standard InChI is InChI=1S/C25H32ClN7O2Si/c1-30-13-16-14-31(2)29-22(16)17-8-7-9-18(23(17)30)27-19-12-20(26)28-24-21(19)25(34)32(3)33(24)15-35-10-11-36(4,5)6/h7-9,12,14H,10-11,13,15H2,1-6H3,(H,27,28). The van der Waals surface area contributed by atoms with E-state index in [-0.39, 0.29) is 12.3 Å². The Bertz CT molecular complexity index is 1520. The third-order valence-electron chi connectivity index (χ3n) is 6.55. The second-order valence-corrected chi connectivity index (χ2v) is 16.6. The molecule has 5 rings (SSSR count). The van der Waals surface area contributed by atoms with Crippen LogP contribution in [0.4, 0.5) is 17.1 Å². The van der Waals surface area contributed by atoms with E-state index in [0.29, 0.717) is 28.5 Å². The van der Waals surface area contributed by atoms with E-state index in [2.05, 4.69) is 59.3 Å². The summed E-state index contributed by atoms with van der Waals surface area (Å²) in [6.07, 6.45) is 2.05. The monoisotopic (exact) mass is 525 g/mol. The highest BCUT2D eigenvalue weighted by atomic mass is 35.5. The van der Waals surface area contributed by atoms with Gasteiger partial charge < -0.3 is 15.0 Å². The number of halogens is 1. The fraction of sp³-hybridized carbons (Fsp3) is 0.400. The van der Waals surface area contributed by atoms with Gasteiger partial charge in [-0.25, -0.2) is 14.3 Å². The van der Waals surface area contributed by atoms with Gasteiger partial charge in [0.1, 0.15) is 17.3 Å². The summed E-state index contributed by atoms with van der Waals surface area (Å²) in [5.74, 6) is 0. The van der Waals surface area contributed by atoms with Crippen molar-refractivity contribution in [2.24, 2.45) is 14.1 Å². The molecule has 0 radical (unpaired) electrons. The molecule has 1 aliphatic heterocycles. The Kier molecular flexibility index (Phi) is 6.22. The van der Waals surface area contributed by atoms with Crippen LogP contribution in [0.1, 0.15) is 5.56 Å². The van der Waals surface area contributed by atoms with Crippen molar-refractivity contribution in [2.75, 3.05) is 23.9 Å². The van der Waals surface area contributed by atoms with E-state index < -0.39 is 8.07 Å². The summed E-state index contributed by atoms with van der Waals surface area (Å²) in [6.45, 7) is 8.56. The van der Waals surface area contributed by atoms with Crippen LogP contribution in [-0.2, 0) is 32.1 Å². The number of nitrogens with one attached hydrogen (secondary N) is 1. The first-order valence-corrected chi connectivity index (χ1v) is 16.1. The maximum atomic E-state index is 13.3. The van der Waals surface area contributed by atoms with Gasteiger partial charge >= 0.3 is 0 Å². The first kappa shape index (κ1) is 24.6. The summed E-state index contributed by atoms with van der Waals surface area (Å²) in [4.78, 5) is 20.0. The maximum absolute atomic E-state index is 13.3. The highest BCUT2D eigenvalue weighted by Crippen LogP contribution is 2.43. The number of aryl methyl sites for hydroxylation is 1. The van der Waals surface area contributed by atoms with Crippen molar-refractivity contribution in [3.63, 3.8) is 0 Å². The number of anilines is 3. The van der Waals surface area contributed by atoms with Gasteiger partial charge in [-0.15, -0.1) is 0 Å². The summed E-state index contributed by atoms with van der Waals surface area (Å²) in [6, 6.07) is 8.82. The van der Waals surface area contributed by atoms with Crippen molar-refractivity contribution in [3.8, 4) is 11.3 Å². The predicted molar refractivity (Wildman–Crippen MR) is 148 cm³/mol. The van der Waals surface area contributed by atoms with E-state index in [9.17, 15) is 4.79 Å². The molecule has 1 aromatic carbocycles. The quantitative estimate of drug-likeness (QED) is 0.212. The first-order valence-electron chi connectivity index (χ1n) is 12.0. The lowest BCUT2D eigenvalue weighted by molar-refractivity contribution is 0.0732. The third kappa shape index (κ3) is 4.44. The molecule has 0 spiro atoms. The Morgan fingerprint density at radius 1 is 1.17 bits per heavy atom. The van der Waals surface area contributed by atoms with Gasteiger partial charge in [-0.2, -0.15) is 5.10 Å². The van der Waals surface area contributed by atoms with Gasteiger partial charge in [0.2, 0.25) is 0 Å². The number of aromatic nitrogens is 5.